The van der Waals surface area contributed by atoms with Gasteiger partial charge in [-0.25, -0.2) is 8.78 Å². The second-order valence-electron chi connectivity index (χ2n) is 6.58. The van der Waals surface area contributed by atoms with Crippen molar-refractivity contribution >= 4 is 11.0 Å². The van der Waals surface area contributed by atoms with Crippen LogP contribution in [0.15, 0.2) is 52.9 Å². The van der Waals surface area contributed by atoms with Crippen LogP contribution in [0.2, 0.25) is 0 Å². The molecule has 0 spiro atoms. The van der Waals surface area contributed by atoms with Gasteiger partial charge in [0.2, 0.25) is 0 Å². The molecule has 150 valence electrons. The van der Waals surface area contributed by atoms with Crippen molar-refractivity contribution in [2.45, 2.75) is 25.4 Å². The van der Waals surface area contributed by atoms with E-state index in [1.807, 2.05) is 37.4 Å². The fourth-order valence-electron chi connectivity index (χ4n) is 2.95. The van der Waals surface area contributed by atoms with Crippen LogP contribution in [-0.4, -0.2) is 26.8 Å². The summed E-state index contributed by atoms with van der Waals surface area (Å²) in [6.07, 6.45) is 2.27. The highest BCUT2D eigenvalue weighted by Crippen LogP contribution is 2.31. The molecule has 0 fully saturated rings. The fourth-order valence-corrected chi connectivity index (χ4v) is 2.95. The van der Waals surface area contributed by atoms with E-state index in [4.69, 9.17) is 13.9 Å². The molecular formula is C22H25F2NO3. The highest BCUT2D eigenvalue weighted by Gasteiger charge is 2.22. The third kappa shape index (κ3) is 5.30. The zero-order valence-corrected chi connectivity index (χ0v) is 15.9. The zero-order valence-electron chi connectivity index (χ0n) is 15.9. The van der Waals surface area contributed by atoms with Crippen molar-refractivity contribution in [1.29, 1.82) is 0 Å². The third-order valence-electron chi connectivity index (χ3n) is 4.43. The molecule has 3 rings (SSSR count). The van der Waals surface area contributed by atoms with Gasteiger partial charge < -0.3 is 19.2 Å². The average molecular weight is 389 g/mol. The Balaban J connectivity index is 1.70. The maximum absolute atomic E-state index is 14.0. The molecule has 0 aliphatic rings. The summed E-state index contributed by atoms with van der Waals surface area (Å²) in [5.41, 5.74) is 0.687. The Hall–Kier alpha value is -2.44. The van der Waals surface area contributed by atoms with E-state index in [1.54, 1.807) is 0 Å². The van der Waals surface area contributed by atoms with Crippen molar-refractivity contribution in [2.75, 3.05) is 26.8 Å². The molecule has 28 heavy (non-hydrogen) atoms. The highest BCUT2D eigenvalue weighted by atomic mass is 19.1. The van der Waals surface area contributed by atoms with Crippen molar-refractivity contribution in [2.24, 2.45) is 0 Å². The van der Waals surface area contributed by atoms with Crippen LogP contribution in [0.5, 0.6) is 5.75 Å². The largest absolute Gasteiger partial charge is 0.474 e. The van der Waals surface area contributed by atoms with Gasteiger partial charge in [-0.3, -0.25) is 0 Å². The molecule has 1 heterocycles. The fraction of sp³-hybridized carbons (Fsp3) is 0.364. The number of ether oxygens (including phenoxy) is 2. The van der Waals surface area contributed by atoms with E-state index in [-0.39, 0.29) is 6.61 Å². The molecule has 4 nitrogen and oxygen atoms in total. The molecule has 2 aromatic carbocycles. The van der Waals surface area contributed by atoms with Crippen molar-refractivity contribution in [3.05, 3.63) is 65.9 Å². The molecule has 0 amide bonds. The Labute approximate surface area is 163 Å². The van der Waals surface area contributed by atoms with E-state index in [2.05, 4.69) is 5.32 Å². The smallest absolute Gasteiger partial charge is 0.191 e. The molecule has 0 saturated heterocycles. The summed E-state index contributed by atoms with van der Waals surface area (Å²) >= 11 is 0. The molecule has 1 atom stereocenters. The minimum absolute atomic E-state index is 0.139. The van der Waals surface area contributed by atoms with E-state index < -0.39 is 23.5 Å². The number of hydrogen-bond donors (Lipinski definition) is 1. The van der Waals surface area contributed by atoms with Gasteiger partial charge >= 0.3 is 0 Å². The van der Waals surface area contributed by atoms with E-state index in [1.165, 1.54) is 6.07 Å². The van der Waals surface area contributed by atoms with Gasteiger partial charge in [-0.2, -0.15) is 0 Å². The van der Waals surface area contributed by atoms with E-state index in [0.29, 0.717) is 18.0 Å². The molecule has 1 aromatic heterocycles. The van der Waals surface area contributed by atoms with Crippen LogP contribution < -0.4 is 10.1 Å². The number of benzene rings is 2. The summed E-state index contributed by atoms with van der Waals surface area (Å²) in [4.78, 5) is 0. The summed E-state index contributed by atoms with van der Waals surface area (Å²) in [5, 5.41) is 4.00. The lowest BCUT2D eigenvalue weighted by molar-refractivity contribution is 0.0342. The lowest BCUT2D eigenvalue weighted by Gasteiger charge is -2.18. The molecule has 0 saturated carbocycles. The number of para-hydroxylation sites is 2. The summed E-state index contributed by atoms with van der Waals surface area (Å²) in [6, 6.07) is 12.9. The average Bonchev–Trinajstić information content (AvgIpc) is 3.12. The number of furan rings is 1. The first-order valence-electron chi connectivity index (χ1n) is 9.50. The molecule has 0 aliphatic heterocycles. The molecular weight excluding hydrogens is 364 g/mol. The van der Waals surface area contributed by atoms with Gasteiger partial charge in [0.15, 0.2) is 23.5 Å². The van der Waals surface area contributed by atoms with Crippen molar-refractivity contribution in [1.82, 2.24) is 5.32 Å². The lowest BCUT2D eigenvalue weighted by atomic mass is 10.2. The predicted octanol–water partition coefficient (Wildman–Crippen LogP) is 5.24. The van der Waals surface area contributed by atoms with Gasteiger partial charge in [0.1, 0.15) is 11.3 Å². The van der Waals surface area contributed by atoms with E-state index in [9.17, 15) is 8.78 Å². The van der Waals surface area contributed by atoms with Crippen LogP contribution in [0.1, 0.15) is 31.1 Å². The summed E-state index contributed by atoms with van der Waals surface area (Å²) in [7, 11) is 1.92. The van der Waals surface area contributed by atoms with Crippen LogP contribution in [0.25, 0.3) is 11.0 Å². The molecule has 1 N–H and O–H groups in total. The van der Waals surface area contributed by atoms with Crippen LogP contribution >= 0.6 is 0 Å². The second kappa shape index (κ2) is 10.2. The number of halogens is 2. The molecule has 0 aliphatic carbocycles. The Kier molecular flexibility index (Phi) is 7.39. The van der Waals surface area contributed by atoms with E-state index >= 15 is 0 Å². The van der Waals surface area contributed by atoms with Gasteiger partial charge in [0.25, 0.3) is 0 Å². The summed E-state index contributed by atoms with van der Waals surface area (Å²) < 4.78 is 45.3. The maximum atomic E-state index is 14.0. The Bertz CT molecular complexity index is 828. The highest BCUT2D eigenvalue weighted by molar-refractivity contribution is 5.77. The summed E-state index contributed by atoms with van der Waals surface area (Å²) in [6.45, 7) is 1.65. The Morgan fingerprint density at radius 2 is 1.79 bits per heavy atom. The summed E-state index contributed by atoms with van der Waals surface area (Å²) in [5.74, 6) is -1.47. The zero-order chi connectivity index (χ0) is 19.8. The minimum atomic E-state index is -0.756. The normalized spacial score (nSPS) is 12.4. The van der Waals surface area contributed by atoms with Gasteiger partial charge in [-0.15, -0.1) is 0 Å². The number of rotatable bonds is 11. The molecule has 0 bridgehead atoms. The van der Waals surface area contributed by atoms with Crippen LogP contribution in [0.3, 0.4) is 0 Å². The first kappa shape index (κ1) is 20.3. The van der Waals surface area contributed by atoms with Gasteiger partial charge in [-0.1, -0.05) is 24.3 Å². The second-order valence-corrected chi connectivity index (χ2v) is 6.58. The molecule has 3 aromatic rings. The van der Waals surface area contributed by atoms with Gasteiger partial charge in [0.05, 0.1) is 6.61 Å². The third-order valence-corrected chi connectivity index (χ3v) is 4.43. The Morgan fingerprint density at radius 3 is 2.54 bits per heavy atom. The van der Waals surface area contributed by atoms with Crippen molar-refractivity contribution < 1.29 is 22.7 Å². The van der Waals surface area contributed by atoms with E-state index in [0.717, 1.165) is 43.3 Å². The number of fused-ring (bicyclic) bond motifs is 1. The van der Waals surface area contributed by atoms with Crippen LogP contribution in [0, 0.1) is 11.6 Å². The van der Waals surface area contributed by atoms with Crippen LogP contribution in [-0.2, 0) is 4.74 Å². The van der Waals surface area contributed by atoms with Gasteiger partial charge in [-0.05, 0) is 57.1 Å². The quantitative estimate of drug-likeness (QED) is 0.456. The molecule has 1 unspecified atom stereocenters. The lowest BCUT2D eigenvalue weighted by Crippen LogP contribution is -2.16. The molecule has 0 radical (unpaired) electrons. The number of hydrogen-bond acceptors (Lipinski definition) is 4. The standard InChI is InChI=1S/C22H25F2NO3/c1-25-12-5-2-6-13-26-15-21(28-22-17(23)9-7-10-18(22)24)20-14-16-8-3-4-11-19(16)27-20/h3-4,7-11,14,21,25H,2,5-6,12-13,15H2,1H3. The minimum Gasteiger partial charge on any atom is -0.474 e. The maximum Gasteiger partial charge on any atom is 0.191 e. The molecule has 6 heteroatoms. The first-order valence-corrected chi connectivity index (χ1v) is 9.50. The van der Waals surface area contributed by atoms with Crippen molar-refractivity contribution in [3.8, 4) is 5.75 Å². The Morgan fingerprint density at radius 1 is 1.00 bits per heavy atom. The topological polar surface area (TPSA) is 43.6 Å². The SMILES string of the molecule is CNCCCCCOCC(Oc1c(F)cccc1F)c1cc2ccccc2o1. The van der Waals surface area contributed by atoms with Gasteiger partial charge in [0, 0.05) is 12.0 Å². The number of nitrogens with one attached hydrogen (secondary N) is 1. The number of unbranched alkanes of at least 4 members (excludes halogenated alkanes) is 2. The van der Waals surface area contributed by atoms with Crippen molar-refractivity contribution in [3.63, 3.8) is 0 Å². The first-order chi connectivity index (χ1) is 13.7. The predicted molar refractivity (Wildman–Crippen MR) is 105 cm³/mol. The van der Waals surface area contributed by atoms with Crippen LogP contribution in [0.4, 0.5) is 8.78 Å². The monoisotopic (exact) mass is 389 g/mol.